The number of aromatic nitrogens is 2. The zero-order valence-electron chi connectivity index (χ0n) is 15.8. The van der Waals surface area contributed by atoms with Crippen molar-refractivity contribution in [3.05, 3.63) is 54.1 Å². The molecule has 1 saturated heterocycles. The fraction of sp³-hybridized carbons (Fsp3) is 0.524. The molecule has 1 aliphatic carbocycles. The molecule has 1 aromatic heterocycles. The molecule has 0 radical (unpaired) electrons. The van der Waals surface area contributed by atoms with Gasteiger partial charge in [0.05, 0.1) is 6.33 Å². The lowest BCUT2D eigenvalue weighted by Gasteiger charge is -2.43. The maximum Gasteiger partial charge on any atom is 0.251 e. The van der Waals surface area contributed by atoms with Gasteiger partial charge in [-0.05, 0) is 30.5 Å². The molecule has 1 N–H and O–H groups in total. The van der Waals surface area contributed by atoms with E-state index in [1.165, 1.54) is 42.8 Å². The van der Waals surface area contributed by atoms with Gasteiger partial charge in [0.15, 0.2) is 0 Å². The van der Waals surface area contributed by atoms with Gasteiger partial charge in [0, 0.05) is 61.2 Å². The fourth-order valence-electron chi connectivity index (χ4n) is 4.38. The Hall–Kier alpha value is -1.79. The minimum absolute atomic E-state index is 0.0434. The maximum absolute atomic E-state index is 12.7. The predicted molar refractivity (Wildman–Crippen MR) is 110 cm³/mol. The van der Waals surface area contributed by atoms with Crippen LogP contribution in [0.1, 0.15) is 41.6 Å². The van der Waals surface area contributed by atoms with Crippen molar-refractivity contribution in [2.75, 3.05) is 31.1 Å². The van der Waals surface area contributed by atoms with E-state index >= 15 is 0 Å². The van der Waals surface area contributed by atoms with Crippen molar-refractivity contribution >= 4 is 17.7 Å². The number of hydrogen-bond donors (Lipinski definition) is 1. The third kappa shape index (κ3) is 4.38. The normalized spacial score (nSPS) is 19.9. The Kier molecular flexibility index (Phi) is 5.83. The van der Waals surface area contributed by atoms with Crippen LogP contribution >= 0.6 is 11.8 Å². The third-order valence-corrected chi connectivity index (χ3v) is 6.88. The molecule has 0 atom stereocenters. The molecule has 2 heterocycles. The molecule has 0 unspecified atom stereocenters. The van der Waals surface area contributed by atoms with Gasteiger partial charge in [0.2, 0.25) is 0 Å². The van der Waals surface area contributed by atoms with Crippen LogP contribution in [-0.4, -0.2) is 57.0 Å². The van der Waals surface area contributed by atoms with Crippen molar-refractivity contribution < 1.29 is 4.79 Å². The highest BCUT2D eigenvalue weighted by Gasteiger charge is 2.40. The predicted octanol–water partition coefficient (Wildman–Crippen LogP) is 3.02. The summed E-state index contributed by atoms with van der Waals surface area (Å²) in [6.07, 6.45) is 10.5. The van der Waals surface area contributed by atoms with Crippen molar-refractivity contribution in [2.24, 2.45) is 0 Å². The summed E-state index contributed by atoms with van der Waals surface area (Å²) in [6.45, 7) is 3.86. The van der Waals surface area contributed by atoms with Gasteiger partial charge in [-0.2, -0.15) is 11.8 Å². The highest BCUT2D eigenvalue weighted by molar-refractivity contribution is 7.99. The second-order valence-electron chi connectivity index (χ2n) is 7.65. The topological polar surface area (TPSA) is 50.2 Å². The van der Waals surface area contributed by atoms with Gasteiger partial charge in [0.1, 0.15) is 0 Å². The van der Waals surface area contributed by atoms with Crippen molar-refractivity contribution in [1.82, 2.24) is 19.8 Å². The molecule has 2 aromatic rings. The van der Waals surface area contributed by atoms with Crippen LogP contribution in [0, 0.1) is 0 Å². The maximum atomic E-state index is 12.7. The number of carbonyl (C=O) groups excluding carboxylic acids is 1. The summed E-state index contributed by atoms with van der Waals surface area (Å²) in [4.78, 5) is 19.4. The second kappa shape index (κ2) is 8.48. The highest BCUT2D eigenvalue weighted by atomic mass is 32.2. The zero-order valence-corrected chi connectivity index (χ0v) is 16.6. The molecule has 27 heavy (non-hydrogen) atoms. The van der Waals surface area contributed by atoms with Crippen LogP contribution < -0.4 is 5.32 Å². The lowest BCUT2D eigenvalue weighted by Crippen LogP contribution is -2.56. The Bertz CT molecular complexity index is 732. The molecule has 144 valence electrons. The van der Waals surface area contributed by atoms with Gasteiger partial charge in [-0.15, -0.1) is 0 Å². The van der Waals surface area contributed by atoms with E-state index in [1.807, 2.05) is 46.8 Å². The van der Waals surface area contributed by atoms with Gasteiger partial charge < -0.3 is 9.88 Å². The molecule has 1 aliphatic heterocycles. The third-order valence-electron chi connectivity index (χ3n) is 5.93. The highest BCUT2D eigenvalue weighted by Crippen LogP contribution is 2.36. The van der Waals surface area contributed by atoms with Gasteiger partial charge in [-0.25, -0.2) is 4.98 Å². The minimum atomic E-state index is 0.0434. The summed E-state index contributed by atoms with van der Waals surface area (Å²) in [6, 6.07) is 7.92. The molecule has 4 rings (SSSR count). The van der Waals surface area contributed by atoms with Crippen molar-refractivity contribution in [1.29, 1.82) is 0 Å². The van der Waals surface area contributed by atoms with E-state index in [0.717, 1.165) is 31.7 Å². The quantitative estimate of drug-likeness (QED) is 0.832. The Balaban J connectivity index is 1.36. The summed E-state index contributed by atoms with van der Waals surface area (Å²) < 4.78 is 2.02. The molecule has 0 spiro atoms. The lowest BCUT2D eigenvalue weighted by molar-refractivity contribution is 0.0817. The van der Waals surface area contributed by atoms with Crippen LogP contribution in [0.4, 0.5) is 0 Å². The first-order chi connectivity index (χ1) is 13.3. The number of carbonyl (C=O) groups is 1. The molecule has 1 amide bonds. The fourth-order valence-corrected chi connectivity index (χ4v) is 5.28. The SMILES string of the molecule is O=C(NCC1(N2CCSCC2)CCCC1)c1ccc(Cn2ccnc2)cc1. The first-order valence-corrected chi connectivity index (χ1v) is 11.1. The van der Waals surface area contributed by atoms with E-state index in [1.54, 1.807) is 12.5 Å². The molecular formula is C21H28N4OS. The zero-order chi connectivity index (χ0) is 18.5. The van der Waals surface area contributed by atoms with Crippen LogP contribution in [0.15, 0.2) is 43.0 Å². The van der Waals surface area contributed by atoms with Crippen molar-refractivity contribution in [3.63, 3.8) is 0 Å². The Morgan fingerprint density at radius 2 is 1.89 bits per heavy atom. The molecular weight excluding hydrogens is 356 g/mol. The van der Waals surface area contributed by atoms with E-state index in [-0.39, 0.29) is 11.4 Å². The van der Waals surface area contributed by atoms with Crippen molar-refractivity contribution in [3.8, 4) is 0 Å². The number of benzene rings is 1. The summed E-state index contributed by atoms with van der Waals surface area (Å²) in [5, 5.41) is 3.24. The van der Waals surface area contributed by atoms with Crippen LogP contribution in [0.3, 0.4) is 0 Å². The molecule has 6 heteroatoms. The molecule has 1 aromatic carbocycles. The summed E-state index contributed by atoms with van der Waals surface area (Å²) in [5.74, 6) is 2.48. The number of amides is 1. The summed E-state index contributed by atoms with van der Waals surface area (Å²) >= 11 is 2.05. The number of hydrogen-bond acceptors (Lipinski definition) is 4. The molecule has 2 fully saturated rings. The van der Waals surface area contributed by atoms with Gasteiger partial charge in [0.25, 0.3) is 5.91 Å². The average Bonchev–Trinajstić information content (AvgIpc) is 3.40. The summed E-state index contributed by atoms with van der Waals surface area (Å²) in [7, 11) is 0. The van der Waals surface area contributed by atoms with Gasteiger partial charge >= 0.3 is 0 Å². The van der Waals surface area contributed by atoms with Gasteiger partial charge in [-0.1, -0.05) is 25.0 Å². The number of nitrogens with zero attached hydrogens (tertiary/aromatic N) is 3. The first kappa shape index (κ1) is 18.6. The summed E-state index contributed by atoms with van der Waals surface area (Å²) in [5.41, 5.74) is 2.09. The molecule has 1 saturated carbocycles. The van der Waals surface area contributed by atoms with E-state index in [2.05, 4.69) is 15.2 Å². The number of rotatable bonds is 6. The Morgan fingerprint density at radius 3 is 2.56 bits per heavy atom. The van der Waals surface area contributed by atoms with E-state index in [9.17, 15) is 4.79 Å². The van der Waals surface area contributed by atoms with Crippen LogP contribution in [0.5, 0.6) is 0 Å². The van der Waals surface area contributed by atoms with Gasteiger partial charge in [-0.3, -0.25) is 9.69 Å². The Morgan fingerprint density at radius 1 is 1.15 bits per heavy atom. The number of imidazole rings is 1. The standard InChI is InChI=1S/C21H28N4OS/c26-20(19-5-3-18(4-6-19)15-24-10-9-22-17-24)23-16-21(7-1-2-8-21)25-11-13-27-14-12-25/h3-6,9-10,17H,1-2,7-8,11-16H2,(H,23,26). The van der Waals surface area contributed by atoms with Crippen LogP contribution in [0.25, 0.3) is 0 Å². The Labute approximate surface area is 165 Å². The van der Waals surface area contributed by atoms with Crippen LogP contribution in [-0.2, 0) is 6.54 Å². The number of nitrogens with one attached hydrogen (secondary N) is 1. The first-order valence-electron chi connectivity index (χ1n) is 9.91. The largest absolute Gasteiger partial charge is 0.350 e. The van der Waals surface area contributed by atoms with Crippen molar-refractivity contribution in [2.45, 2.75) is 37.8 Å². The minimum Gasteiger partial charge on any atom is -0.350 e. The van der Waals surface area contributed by atoms with E-state index < -0.39 is 0 Å². The monoisotopic (exact) mass is 384 g/mol. The average molecular weight is 385 g/mol. The number of thioether (sulfide) groups is 1. The van der Waals surface area contributed by atoms with Crippen LogP contribution in [0.2, 0.25) is 0 Å². The molecule has 2 aliphatic rings. The second-order valence-corrected chi connectivity index (χ2v) is 8.87. The van der Waals surface area contributed by atoms with E-state index in [0.29, 0.717) is 0 Å². The molecule has 0 bridgehead atoms. The smallest absolute Gasteiger partial charge is 0.251 e. The lowest BCUT2D eigenvalue weighted by atomic mass is 9.94. The van der Waals surface area contributed by atoms with E-state index in [4.69, 9.17) is 0 Å². The molecule has 5 nitrogen and oxygen atoms in total.